The molecule has 1 amide bonds. The molecule has 0 bridgehead atoms. The van der Waals surface area contributed by atoms with Crippen LogP contribution in [-0.4, -0.2) is 33.4 Å². The molecule has 1 atom stereocenters. The Kier molecular flexibility index (Phi) is 4.62. The van der Waals surface area contributed by atoms with Gasteiger partial charge < -0.3 is 14.6 Å². The summed E-state index contributed by atoms with van der Waals surface area (Å²) < 4.78 is 2.13. The van der Waals surface area contributed by atoms with Crippen LogP contribution < -0.4 is 10.2 Å². The van der Waals surface area contributed by atoms with E-state index in [0.29, 0.717) is 6.54 Å². The molecule has 4 heterocycles. The van der Waals surface area contributed by atoms with Gasteiger partial charge in [-0.2, -0.15) is 0 Å². The van der Waals surface area contributed by atoms with Crippen LogP contribution in [0.25, 0.3) is 16.7 Å². The maximum atomic E-state index is 13.1. The van der Waals surface area contributed by atoms with Gasteiger partial charge in [-0.15, -0.1) is 0 Å². The van der Waals surface area contributed by atoms with Crippen molar-refractivity contribution in [2.75, 3.05) is 23.3 Å². The Morgan fingerprint density at radius 2 is 1.97 bits per heavy atom. The van der Waals surface area contributed by atoms with Crippen molar-refractivity contribution in [2.24, 2.45) is 5.92 Å². The molecular weight excluding hydrogens is 374 g/mol. The quantitative estimate of drug-likeness (QED) is 0.556. The summed E-state index contributed by atoms with van der Waals surface area (Å²) in [5.41, 5.74) is 5.96. The minimum absolute atomic E-state index is 0.0742. The topological polar surface area (TPSA) is 62.5 Å². The normalized spacial score (nSPS) is 16.9. The van der Waals surface area contributed by atoms with Crippen LogP contribution in [0.1, 0.15) is 24.0 Å². The SMILES string of the molecule is Cc1cccc(NC(=O)C2CCCN(c3nc4ncccc4n4cccc34)C2)c1C. The van der Waals surface area contributed by atoms with Gasteiger partial charge in [-0.25, -0.2) is 9.97 Å². The molecule has 1 unspecified atom stereocenters. The molecule has 6 nitrogen and oxygen atoms in total. The second kappa shape index (κ2) is 7.44. The highest BCUT2D eigenvalue weighted by Gasteiger charge is 2.28. The number of fused-ring (bicyclic) bond motifs is 3. The van der Waals surface area contributed by atoms with Crippen molar-refractivity contribution < 1.29 is 4.79 Å². The summed E-state index contributed by atoms with van der Waals surface area (Å²) in [5.74, 6) is 0.907. The first-order valence-corrected chi connectivity index (χ1v) is 10.5. The molecule has 1 saturated heterocycles. The highest BCUT2D eigenvalue weighted by Crippen LogP contribution is 2.29. The number of hydrogen-bond acceptors (Lipinski definition) is 4. The molecule has 6 heteroatoms. The van der Waals surface area contributed by atoms with Crippen LogP contribution in [0.5, 0.6) is 0 Å². The lowest BCUT2D eigenvalue weighted by atomic mass is 9.96. The zero-order valence-corrected chi connectivity index (χ0v) is 17.3. The molecule has 0 radical (unpaired) electrons. The number of rotatable bonds is 3. The number of benzene rings is 1. The molecule has 0 spiro atoms. The third-order valence-corrected chi connectivity index (χ3v) is 6.17. The molecule has 1 N–H and O–H groups in total. The van der Waals surface area contributed by atoms with Gasteiger partial charge in [0.15, 0.2) is 11.5 Å². The molecule has 3 aromatic heterocycles. The van der Waals surface area contributed by atoms with E-state index in [9.17, 15) is 4.79 Å². The molecule has 152 valence electrons. The first-order chi connectivity index (χ1) is 14.6. The van der Waals surface area contributed by atoms with Crippen LogP contribution in [0.15, 0.2) is 54.9 Å². The zero-order valence-electron chi connectivity index (χ0n) is 17.3. The van der Waals surface area contributed by atoms with Gasteiger partial charge >= 0.3 is 0 Å². The van der Waals surface area contributed by atoms with Crippen LogP contribution in [-0.2, 0) is 4.79 Å². The zero-order chi connectivity index (χ0) is 20.7. The summed E-state index contributed by atoms with van der Waals surface area (Å²) >= 11 is 0. The van der Waals surface area contributed by atoms with Gasteiger partial charge in [0.25, 0.3) is 0 Å². The van der Waals surface area contributed by atoms with E-state index in [1.807, 2.05) is 43.5 Å². The number of anilines is 2. The van der Waals surface area contributed by atoms with Crippen molar-refractivity contribution in [1.29, 1.82) is 0 Å². The van der Waals surface area contributed by atoms with Crippen molar-refractivity contribution in [1.82, 2.24) is 14.4 Å². The summed E-state index contributed by atoms with van der Waals surface area (Å²) in [6, 6.07) is 14.1. The van der Waals surface area contributed by atoms with Crippen LogP contribution in [0.4, 0.5) is 11.5 Å². The number of pyridine rings is 1. The number of amides is 1. The summed E-state index contributed by atoms with van der Waals surface area (Å²) in [5, 5.41) is 3.15. The van der Waals surface area contributed by atoms with Crippen molar-refractivity contribution in [3.05, 3.63) is 66.0 Å². The van der Waals surface area contributed by atoms with E-state index in [0.717, 1.165) is 53.1 Å². The number of nitrogens with one attached hydrogen (secondary N) is 1. The van der Waals surface area contributed by atoms with Gasteiger partial charge in [0.05, 0.1) is 17.0 Å². The van der Waals surface area contributed by atoms with Crippen molar-refractivity contribution in [2.45, 2.75) is 26.7 Å². The van der Waals surface area contributed by atoms with E-state index in [1.165, 1.54) is 5.56 Å². The fourth-order valence-corrected chi connectivity index (χ4v) is 4.33. The first-order valence-electron chi connectivity index (χ1n) is 10.5. The average Bonchev–Trinajstić information content (AvgIpc) is 3.27. The Labute approximate surface area is 175 Å². The number of aryl methyl sites for hydroxylation is 1. The van der Waals surface area contributed by atoms with E-state index < -0.39 is 0 Å². The molecule has 1 aliphatic heterocycles. The van der Waals surface area contributed by atoms with E-state index in [2.05, 4.69) is 38.7 Å². The predicted molar refractivity (Wildman–Crippen MR) is 120 cm³/mol. The Hall–Kier alpha value is -3.41. The standard InChI is InChI=1S/C24H25N5O/c1-16-7-3-9-19(17(16)2)26-24(30)18-8-5-13-28(15-18)23-21-11-6-14-29(21)20-10-4-12-25-22(20)27-23/h3-4,6-7,9-12,14,18H,5,8,13,15H2,1-2H3,(H,26,30). The molecule has 4 aromatic rings. The van der Waals surface area contributed by atoms with Crippen molar-refractivity contribution >= 4 is 34.1 Å². The van der Waals surface area contributed by atoms with Gasteiger partial charge in [0, 0.05) is 31.2 Å². The molecule has 30 heavy (non-hydrogen) atoms. The molecule has 1 aromatic carbocycles. The van der Waals surface area contributed by atoms with E-state index >= 15 is 0 Å². The highest BCUT2D eigenvalue weighted by molar-refractivity contribution is 5.94. The lowest BCUT2D eigenvalue weighted by molar-refractivity contribution is -0.120. The maximum Gasteiger partial charge on any atom is 0.229 e. The minimum Gasteiger partial charge on any atom is -0.354 e. The predicted octanol–water partition coefficient (Wildman–Crippen LogP) is 4.35. The Morgan fingerprint density at radius 1 is 1.10 bits per heavy atom. The summed E-state index contributed by atoms with van der Waals surface area (Å²) in [4.78, 5) is 24.6. The fraction of sp³-hybridized carbons (Fsp3) is 0.292. The van der Waals surface area contributed by atoms with Gasteiger partial charge in [-0.1, -0.05) is 12.1 Å². The van der Waals surface area contributed by atoms with Gasteiger partial charge in [-0.3, -0.25) is 4.79 Å². The second-order valence-corrected chi connectivity index (χ2v) is 8.07. The molecular formula is C24H25N5O. The van der Waals surface area contributed by atoms with E-state index in [1.54, 1.807) is 6.20 Å². The Bertz CT molecular complexity index is 1250. The van der Waals surface area contributed by atoms with Gasteiger partial charge in [-0.05, 0) is 68.1 Å². The summed E-state index contributed by atoms with van der Waals surface area (Å²) in [7, 11) is 0. The third kappa shape index (κ3) is 3.18. The highest BCUT2D eigenvalue weighted by atomic mass is 16.1. The number of aromatic nitrogens is 3. The lowest BCUT2D eigenvalue weighted by Gasteiger charge is -2.33. The molecule has 1 aliphatic rings. The largest absolute Gasteiger partial charge is 0.354 e. The molecule has 0 saturated carbocycles. The monoisotopic (exact) mass is 399 g/mol. The average molecular weight is 399 g/mol. The summed E-state index contributed by atoms with van der Waals surface area (Å²) in [6.45, 7) is 5.66. The van der Waals surface area contributed by atoms with E-state index in [4.69, 9.17) is 4.98 Å². The smallest absolute Gasteiger partial charge is 0.229 e. The fourth-order valence-electron chi connectivity index (χ4n) is 4.33. The van der Waals surface area contributed by atoms with Crippen molar-refractivity contribution in [3.63, 3.8) is 0 Å². The van der Waals surface area contributed by atoms with Gasteiger partial charge in [0.1, 0.15) is 0 Å². The first kappa shape index (κ1) is 18.6. The van der Waals surface area contributed by atoms with Gasteiger partial charge in [0.2, 0.25) is 5.91 Å². The Morgan fingerprint density at radius 3 is 2.87 bits per heavy atom. The number of carbonyl (C=O) groups is 1. The van der Waals surface area contributed by atoms with E-state index in [-0.39, 0.29) is 11.8 Å². The number of carbonyl (C=O) groups excluding carboxylic acids is 1. The van der Waals surface area contributed by atoms with Crippen molar-refractivity contribution in [3.8, 4) is 0 Å². The minimum atomic E-state index is -0.0742. The van der Waals surface area contributed by atoms with Crippen LogP contribution in [0.3, 0.4) is 0 Å². The van der Waals surface area contributed by atoms with Crippen LogP contribution in [0.2, 0.25) is 0 Å². The third-order valence-electron chi connectivity index (χ3n) is 6.17. The molecule has 0 aliphatic carbocycles. The number of piperidine rings is 1. The number of hydrogen-bond donors (Lipinski definition) is 1. The summed E-state index contributed by atoms with van der Waals surface area (Å²) in [6.07, 6.45) is 5.65. The van der Waals surface area contributed by atoms with Crippen LogP contribution in [0, 0.1) is 19.8 Å². The molecule has 5 rings (SSSR count). The Balaban J connectivity index is 1.43. The maximum absolute atomic E-state index is 13.1. The van der Waals surface area contributed by atoms with Crippen LogP contribution >= 0.6 is 0 Å². The lowest BCUT2D eigenvalue weighted by Crippen LogP contribution is -2.41. The number of nitrogens with zero attached hydrogens (tertiary/aromatic N) is 4. The second-order valence-electron chi connectivity index (χ2n) is 8.07. The molecule has 1 fully saturated rings.